The van der Waals surface area contributed by atoms with E-state index >= 15 is 0 Å². The van der Waals surface area contributed by atoms with Crippen LogP contribution in [0.2, 0.25) is 0 Å². The molecule has 2 rings (SSSR count). The van der Waals surface area contributed by atoms with Gasteiger partial charge in [-0.3, -0.25) is 0 Å². The number of fused-ring (bicyclic) bond motifs is 1. The van der Waals surface area contributed by atoms with Gasteiger partial charge in [-0.2, -0.15) is 0 Å². The average molecular weight is 334 g/mol. The third-order valence-corrected chi connectivity index (χ3v) is 3.98. The van der Waals surface area contributed by atoms with Crippen molar-refractivity contribution in [1.82, 2.24) is 20.9 Å². The molecule has 134 valence electrons. The molecule has 0 saturated heterocycles. The minimum absolute atomic E-state index is 0.768. The third kappa shape index (κ3) is 6.07. The second kappa shape index (κ2) is 11.0. The van der Waals surface area contributed by atoms with Crippen LogP contribution in [-0.2, 0) is 0 Å². The fourth-order valence-electron chi connectivity index (χ4n) is 2.55. The first-order valence-corrected chi connectivity index (χ1v) is 8.90. The molecule has 0 bridgehead atoms. The number of hydrogen-bond donors (Lipinski definition) is 4. The Labute approximate surface area is 143 Å². The number of aryl methyl sites for hydroxylation is 1. The minimum Gasteiger partial charge on any atom is -0.383 e. The summed E-state index contributed by atoms with van der Waals surface area (Å²) in [6.07, 6.45) is 4.53. The lowest BCUT2D eigenvalue weighted by molar-refractivity contribution is 0.315. The molecule has 1 aromatic heterocycles. The Morgan fingerprint density at radius 1 is 0.875 bits per heavy atom. The van der Waals surface area contributed by atoms with E-state index in [4.69, 9.17) is 10.4 Å². The summed E-state index contributed by atoms with van der Waals surface area (Å²) in [6, 6.07) is 4.07. The van der Waals surface area contributed by atoms with E-state index in [0.29, 0.717) is 0 Å². The topological polar surface area (TPSA) is 101 Å². The van der Waals surface area contributed by atoms with Crippen LogP contribution in [0.5, 0.6) is 0 Å². The van der Waals surface area contributed by atoms with Crippen molar-refractivity contribution in [2.75, 3.05) is 44.6 Å². The quantitative estimate of drug-likeness (QED) is 0.413. The second-order valence-electron chi connectivity index (χ2n) is 6.02. The molecule has 0 unspecified atom stereocenters. The van der Waals surface area contributed by atoms with Gasteiger partial charge in [-0.1, -0.05) is 6.07 Å². The van der Waals surface area contributed by atoms with Crippen LogP contribution < -0.4 is 21.7 Å². The van der Waals surface area contributed by atoms with Crippen molar-refractivity contribution in [2.45, 2.75) is 32.6 Å². The highest BCUT2D eigenvalue weighted by atomic mass is 16.6. The monoisotopic (exact) mass is 334 g/mol. The molecule has 5 N–H and O–H groups in total. The minimum atomic E-state index is 0.768. The first-order valence-electron chi connectivity index (χ1n) is 8.90. The van der Waals surface area contributed by atoms with E-state index in [0.717, 1.165) is 74.4 Å². The lowest BCUT2D eigenvalue weighted by Crippen LogP contribution is -2.22. The van der Waals surface area contributed by atoms with Gasteiger partial charge in [0.25, 0.3) is 0 Å². The smallest absolute Gasteiger partial charge is 0.158 e. The highest BCUT2D eigenvalue weighted by molar-refractivity contribution is 5.89. The lowest BCUT2D eigenvalue weighted by Gasteiger charge is -2.08. The third-order valence-electron chi connectivity index (χ3n) is 3.98. The van der Waals surface area contributed by atoms with E-state index in [2.05, 4.69) is 26.3 Å². The average Bonchev–Trinajstić information content (AvgIpc) is 3.08. The Morgan fingerprint density at radius 3 is 2.29 bits per heavy atom. The molecule has 0 amide bonds. The summed E-state index contributed by atoms with van der Waals surface area (Å²) in [5.74, 6) is 0. The van der Waals surface area contributed by atoms with Crippen molar-refractivity contribution in [3.05, 3.63) is 17.7 Å². The molecule has 2 aromatic rings. The predicted molar refractivity (Wildman–Crippen MR) is 98.3 cm³/mol. The van der Waals surface area contributed by atoms with Crippen LogP contribution in [0.3, 0.4) is 0 Å². The van der Waals surface area contributed by atoms with Gasteiger partial charge in [0, 0.05) is 6.54 Å². The number of rotatable bonds is 13. The largest absolute Gasteiger partial charge is 0.383 e. The zero-order valence-electron chi connectivity index (χ0n) is 14.6. The molecule has 0 aliphatic carbocycles. The Kier molecular flexibility index (Phi) is 8.51. The van der Waals surface area contributed by atoms with Crippen molar-refractivity contribution < 1.29 is 4.63 Å². The number of hydrogen-bond acceptors (Lipinski definition) is 7. The second-order valence-corrected chi connectivity index (χ2v) is 6.02. The molecular formula is C17H30N6O. The van der Waals surface area contributed by atoms with Crippen molar-refractivity contribution in [3.63, 3.8) is 0 Å². The number of benzene rings is 1. The first kappa shape index (κ1) is 18.6. The van der Waals surface area contributed by atoms with E-state index in [9.17, 15) is 0 Å². The summed E-state index contributed by atoms with van der Waals surface area (Å²) in [4.78, 5) is 0. The fourth-order valence-corrected chi connectivity index (χ4v) is 2.55. The number of nitrogens with zero attached hydrogens (tertiary/aromatic N) is 2. The maximum Gasteiger partial charge on any atom is 0.158 e. The van der Waals surface area contributed by atoms with Crippen LogP contribution in [0.15, 0.2) is 16.8 Å². The first-order chi connectivity index (χ1) is 11.8. The molecule has 1 aromatic carbocycles. The van der Waals surface area contributed by atoms with E-state index in [-0.39, 0.29) is 0 Å². The van der Waals surface area contributed by atoms with Gasteiger partial charge in [0.1, 0.15) is 5.52 Å². The van der Waals surface area contributed by atoms with Gasteiger partial charge in [-0.15, -0.1) is 0 Å². The SMILES string of the molecule is Cc1ccc(NCCCNCCCCNCCCN)c2nonc12. The van der Waals surface area contributed by atoms with Crippen molar-refractivity contribution in [3.8, 4) is 0 Å². The summed E-state index contributed by atoms with van der Waals surface area (Å²) >= 11 is 0. The standard InChI is InChI=1S/C17H30N6O/c1-14-6-7-15(17-16(14)22-24-23-17)21-13-5-12-20-10-3-2-9-19-11-4-8-18/h6-7,19-21H,2-5,8-13,18H2,1H3. The van der Waals surface area contributed by atoms with Gasteiger partial charge in [0.15, 0.2) is 5.52 Å². The maximum atomic E-state index is 5.45. The summed E-state index contributed by atoms with van der Waals surface area (Å²) in [7, 11) is 0. The van der Waals surface area contributed by atoms with Gasteiger partial charge < -0.3 is 21.7 Å². The summed E-state index contributed by atoms with van der Waals surface area (Å²) in [6.45, 7) is 7.87. The van der Waals surface area contributed by atoms with E-state index in [1.165, 1.54) is 12.8 Å². The number of aromatic nitrogens is 2. The van der Waals surface area contributed by atoms with Crippen LogP contribution in [0.1, 0.15) is 31.2 Å². The van der Waals surface area contributed by atoms with Crippen LogP contribution in [0, 0.1) is 6.92 Å². The van der Waals surface area contributed by atoms with Crippen LogP contribution in [0.4, 0.5) is 5.69 Å². The van der Waals surface area contributed by atoms with Crippen molar-refractivity contribution in [2.24, 2.45) is 5.73 Å². The number of unbranched alkanes of at least 4 members (excludes halogenated alkanes) is 1. The van der Waals surface area contributed by atoms with Gasteiger partial charge in [0.2, 0.25) is 0 Å². The molecule has 1 heterocycles. The van der Waals surface area contributed by atoms with E-state index < -0.39 is 0 Å². The summed E-state index contributed by atoms with van der Waals surface area (Å²) in [5.41, 5.74) is 9.16. The molecule has 0 aliphatic rings. The number of nitrogens with two attached hydrogens (primary N) is 1. The van der Waals surface area contributed by atoms with Crippen LogP contribution in [-0.4, -0.2) is 49.6 Å². The molecule has 0 spiro atoms. The molecule has 0 atom stereocenters. The fraction of sp³-hybridized carbons (Fsp3) is 0.647. The lowest BCUT2D eigenvalue weighted by atomic mass is 10.2. The Bertz CT molecular complexity index is 585. The molecule has 0 saturated carbocycles. The zero-order valence-corrected chi connectivity index (χ0v) is 14.6. The molecule has 0 radical (unpaired) electrons. The molecule has 0 aliphatic heterocycles. The molecule has 24 heavy (non-hydrogen) atoms. The van der Waals surface area contributed by atoms with Gasteiger partial charge >= 0.3 is 0 Å². The van der Waals surface area contributed by atoms with Gasteiger partial charge in [-0.25, -0.2) is 4.63 Å². The predicted octanol–water partition coefficient (Wildman–Crippen LogP) is 1.64. The summed E-state index contributed by atoms with van der Waals surface area (Å²) < 4.78 is 4.84. The normalized spacial score (nSPS) is 11.2. The number of nitrogens with one attached hydrogen (secondary N) is 3. The Morgan fingerprint density at radius 2 is 1.54 bits per heavy atom. The van der Waals surface area contributed by atoms with Gasteiger partial charge in [-0.05, 0) is 87.3 Å². The zero-order chi connectivity index (χ0) is 17.0. The van der Waals surface area contributed by atoms with E-state index in [1.807, 2.05) is 19.1 Å². The Hall–Kier alpha value is -1.70. The highest BCUT2D eigenvalue weighted by Gasteiger charge is 2.08. The number of anilines is 1. The molecule has 7 heteroatoms. The molecular weight excluding hydrogens is 304 g/mol. The van der Waals surface area contributed by atoms with Crippen LogP contribution >= 0.6 is 0 Å². The van der Waals surface area contributed by atoms with Crippen molar-refractivity contribution in [1.29, 1.82) is 0 Å². The molecule has 7 nitrogen and oxygen atoms in total. The molecule has 0 fully saturated rings. The highest BCUT2D eigenvalue weighted by Crippen LogP contribution is 2.22. The summed E-state index contributed by atoms with van der Waals surface area (Å²) in [5, 5.41) is 18.2. The van der Waals surface area contributed by atoms with Crippen molar-refractivity contribution >= 4 is 16.7 Å². The Balaban J connectivity index is 1.50. The van der Waals surface area contributed by atoms with Crippen LogP contribution in [0.25, 0.3) is 11.0 Å². The van der Waals surface area contributed by atoms with E-state index in [1.54, 1.807) is 0 Å². The maximum absolute atomic E-state index is 5.45. The van der Waals surface area contributed by atoms with Gasteiger partial charge in [0.05, 0.1) is 5.69 Å².